The quantitative estimate of drug-likeness (QED) is 0.811. The minimum Gasteiger partial charge on any atom is -0.497 e. The van der Waals surface area contributed by atoms with Crippen molar-refractivity contribution < 1.29 is 4.74 Å². The Morgan fingerprint density at radius 1 is 1.24 bits per heavy atom. The van der Waals surface area contributed by atoms with E-state index in [1.165, 1.54) is 23.5 Å². The lowest BCUT2D eigenvalue weighted by molar-refractivity contribution is 0.414. The van der Waals surface area contributed by atoms with Crippen LogP contribution in [0.2, 0.25) is 0 Å². The number of benzene rings is 1. The van der Waals surface area contributed by atoms with E-state index in [4.69, 9.17) is 4.74 Å². The maximum absolute atomic E-state index is 5.24. The lowest BCUT2D eigenvalue weighted by Gasteiger charge is -2.27. The molecule has 5 heteroatoms. The van der Waals surface area contributed by atoms with Gasteiger partial charge in [0.15, 0.2) is 0 Å². The van der Waals surface area contributed by atoms with E-state index in [1.807, 2.05) is 18.7 Å². The fourth-order valence-corrected chi connectivity index (χ4v) is 5.86. The Morgan fingerprint density at radius 2 is 2.00 bits per heavy atom. The van der Waals surface area contributed by atoms with Crippen LogP contribution in [-0.4, -0.2) is 32.2 Å². The van der Waals surface area contributed by atoms with E-state index in [2.05, 4.69) is 57.3 Å². The molecule has 2 heterocycles. The second kappa shape index (κ2) is 6.79. The largest absolute Gasteiger partial charge is 0.497 e. The van der Waals surface area contributed by atoms with Gasteiger partial charge in [0.2, 0.25) is 0 Å². The number of methoxy groups -OCH3 is 1. The molecule has 1 saturated heterocycles. The van der Waals surface area contributed by atoms with Gasteiger partial charge < -0.3 is 9.30 Å². The third-order valence-electron chi connectivity index (χ3n) is 3.76. The number of ether oxygens (including phenoxy) is 1. The van der Waals surface area contributed by atoms with Gasteiger partial charge in [-0.25, -0.2) is 4.98 Å². The molecule has 1 aliphatic heterocycles. The Labute approximate surface area is 134 Å². The Kier molecular flexibility index (Phi) is 4.80. The van der Waals surface area contributed by atoms with Crippen LogP contribution in [-0.2, 0) is 13.0 Å². The monoisotopic (exact) mass is 320 g/mol. The first-order chi connectivity index (χ1) is 10.3. The van der Waals surface area contributed by atoms with Crippen LogP contribution in [0.4, 0.5) is 0 Å². The molecule has 0 saturated carbocycles. The highest BCUT2D eigenvalue weighted by molar-refractivity contribution is 8.21. The molecule has 0 amide bonds. The van der Waals surface area contributed by atoms with Crippen molar-refractivity contribution in [3.63, 3.8) is 0 Å². The summed E-state index contributed by atoms with van der Waals surface area (Å²) in [4.78, 5) is 4.13. The van der Waals surface area contributed by atoms with Gasteiger partial charge >= 0.3 is 0 Å². The minimum absolute atomic E-state index is 0.304. The normalized spacial score (nSPS) is 17.0. The number of hydrogen-bond donors (Lipinski definition) is 0. The summed E-state index contributed by atoms with van der Waals surface area (Å²) in [6, 6.07) is 8.50. The van der Waals surface area contributed by atoms with E-state index in [1.54, 1.807) is 7.11 Å². The molecule has 3 rings (SSSR count). The number of imidazole rings is 1. The van der Waals surface area contributed by atoms with Crippen LogP contribution in [0.1, 0.15) is 12.0 Å². The average molecular weight is 320 g/mol. The van der Waals surface area contributed by atoms with Crippen LogP contribution in [0.3, 0.4) is 0 Å². The predicted octanol–water partition coefficient (Wildman–Crippen LogP) is 3.70. The number of nitrogens with zero attached hydrogens (tertiary/aromatic N) is 2. The van der Waals surface area contributed by atoms with Gasteiger partial charge in [0.05, 0.1) is 17.5 Å². The summed E-state index contributed by atoms with van der Waals surface area (Å²) >= 11 is 4.23. The molecule has 0 unspecified atom stereocenters. The fraction of sp³-hybridized carbons (Fsp3) is 0.438. The molecule has 1 aromatic heterocycles. The van der Waals surface area contributed by atoms with Crippen molar-refractivity contribution in [3.05, 3.63) is 48.5 Å². The minimum atomic E-state index is 0.304. The maximum atomic E-state index is 5.24. The summed E-state index contributed by atoms with van der Waals surface area (Å²) in [6.45, 7) is 1.04. The summed E-state index contributed by atoms with van der Waals surface area (Å²) in [5.41, 5.74) is 1.39. The van der Waals surface area contributed by atoms with E-state index in [0.29, 0.717) is 4.08 Å². The molecule has 3 nitrogen and oxygen atoms in total. The molecule has 1 fully saturated rings. The molecule has 0 bridgehead atoms. The number of thioether (sulfide) groups is 2. The molecule has 112 valence electrons. The lowest BCUT2D eigenvalue weighted by atomic mass is 10.1. The smallest absolute Gasteiger partial charge is 0.118 e. The fourth-order valence-electron chi connectivity index (χ4n) is 2.60. The second-order valence-electron chi connectivity index (χ2n) is 5.18. The van der Waals surface area contributed by atoms with Crippen LogP contribution in [0.25, 0.3) is 0 Å². The summed E-state index contributed by atoms with van der Waals surface area (Å²) in [5.74, 6) is 3.44. The van der Waals surface area contributed by atoms with Crippen molar-refractivity contribution in [2.75, 3.05) is 18.6 Å². The molecule has 0 aliphatic carbocycles. The van der Waals surface area contributed by atoms with Gasteiger partial charge in [-0.1, -0.05) is 12.1 Å². The van der Waals surface area contributed by atoms with Crippen molar-refractivity contribution in [3.8, 4) is 5.75 Å². The van der Waals surface area contributed by atoms with Crippen molar-refractivity contribution in [2.45, 2.75) is 23.5 Å². The van der Waals surface area contributed by atoms with Crippen LogP contribution < -0.4 is 4.74 Å². The Bertz CT molecular complexity index is 548. The van der Waals surface area contributed by atoms with E-state index in [9.17, 15) is 0 Å². The number of hydrogen-bond acceptors (Lipinski definition) is 4. The molecule has 21 heavy (non-hydrogen) atoms. The van der Waals surface area contributed by atoms with Crippen molar-refractivity contribution >= 4 is 23.5 Å². The molecule has 0 N–H and O–H groups in total. The molecule has 0 spiro atoms. The standard InChI is InChI=1S/C16H20N2OS2/c1-19-15-4-2-14(3-5-15)12-16(20-10-11-21-16)6-8-18-9-7-17-13-18/h2-5,7,9,13H,6,8,10-12H2,1H3. The van der Waals surface area contributed by atoms with Crippen molar-refractivity contribution in [1.29, 1.82) is 0 Å². The van der Waals surface area contributed by atoms with Gasteiger partial charge in [0.1, 0.15) is 5.75 Å². The molecule has 2 aromatic rings. The van der Waals surface area contributed by atoms with Gasteiger partial charge in [-0.15, -0.1) is 23.5 Å². The maximum Gasteiger partial charge on any atom is 0.118 e. The first-order valence-corrected chi connectivity index (χ1v) is 9.13. The lowest BCUT2D eigenvalue weighted by Crippen LogP contribution is -2.23. The second-order valence-corrected chi connectivity index (χ2v) is 8.40. The molecule has 1 aromatic carbocycles. The van der Waals surface area contributed by atoms with Crippen molar-refractivity contribution in [1.82, 2.24) is 9.55 Å². The van der Waals surface area contributed by atoms with Gasteiger partial charge in [-0.2, -0.15) is 0 Å². The Morgan fingerprint density at radius 3 is 2.62 bits per heavy atom. The van der Waals surface area contributed by atoms with E-state index in [-0.39, 0.29) is 0 Å². The zero-order chi connectivity index (χ0) is 14.5. The summed E-state index contributed by atoms with van der Waals surface area (Å²) in [5, 5.41) is 0. The van der Waals surface area contributed by atoms with Gasteiger partial charge in [-0.3, -0.25) is 0 Å². The molecular formula is C16H20N2OS2. The van der Waals surface area contributed by atoms with E-state index in [0.717, 1.165) is 18.7 Å². The highest BCUT2D eigenvalue weighted by atomic mass is 32.2. The predicted molar refractivity (Wildman–Crippen MR) is 91.2 cm³/mol. The summed E-state index contributed by atoms with van der Waals surface area (Å²) in [6.07, 6.45) is 8.09. The van der Waals surface area contributed by atoms with E-state index >= 15 is 0 Å². The third kappa shape index (κ3) is 3.77. The zero-order valence-electron chi connectivity index (χ0n) is 12.2. The molecule has 0 radical (unpaired) electrons. The van der Waals surface area contributed by atoms with E-state index < -0.39 is 0 Å². The Hall–Kier alpha value is -1.07. The SMILES string of the molecule is COc1ccc(CC2(CCn3ccnc3)SCCS2)cc1. The topological polar surface area (TPSA) is 27.1 Å². The van der Waals surface area contributed by atoms with Crippen LogP contribution in [0, 0.1) is 0 Å². The van der Waals surface area contributed by atoms with Gasteiger partial charge in [0, 0.05) is 30.4 Å². The van der Waals surface area contributed by atoms with Crippen molar-refractivity contribution in [2.24, 2.45) is 0 Å². The van der Waals surface area contributed by atoms with Crippen LogP contribution in [0.5, 0.6) is 5.75 Å². The number of aryl methyl sites for hydroxylation is 1. The summed E-state index contributed by atoms with van der Waals surface area (Å²) in [7, 11) is 1.71. The highest BCUT2D eigenvalue weighted by Gasteiger charge is 2.35. The average Bonchev–Trinajstić information content (AvgIpc) is 3.18. The number of aromatic nitrogens is 2. The van der Waals surface area contributed by atoms with Crippen LogP contribution >= 0.6 is 23.5 Å². The number of rotatable bonds is 6. The zero-order valence-corrected chi connectivity index (χ0v) is 13.8. The van der Waals surface area contributed by atoms with Crippen LogP contribution in [0.15, 0.2) is 43.0 Å². The summed E-state index contributed by atoms with van der Waals surface area (Å²) < 4.78 is 7.72. The highest BCUT2D eigenvalue weighted by Crippen LogP contribution is 2.49. The first kappa shape index (κ1) is 14.9. The molecule has 0 atom stereocenters. The van der Waals surface area contributed by atoms with Gasteiger partial charge in [0.25, 0.3) is 0 Å². The Balaban J connectivity index is 1.67. The van der Waals surface area contributed by atoms with Gasteiger partial charge in [-0.05, 0) is 30.5 Å². The third-order valence-corrected chi connectivity index (χ3v) is 7.29. The molecule has 1 aliphatic rings. The molecular weight excluding hydrogens is 300 g/mol. The first-order valence-electron chi connectivity index (χ1n) is 7.16.